The van der Waals surface area contributed by atoms with Gasteiger partial charge in [-0.15, -0.1) is 0 Å². The molecule has 6 aliphatic rings. The molecular weight excluding hydrogens is 832 g/mol. The van der Waals surface area contributed by atoms with Crippen LogP contribution in [0.1, 0.15) is 77.0 Å². The molecule has 0 saturated carbocycles. The molecule has 6 heterocycles. The average molecular weight is 901 g/mol. The van der Waals surface area contributed by atoms with Gasteiger partial charge in [-0.1, -0.05) is 0 Å². The maximum Gasteiger partial charge on any atom is 0.322 e. The van der Waals surface area contributed by atoms with Crippen LogP contribution in [0.15, 0.2) is 0 Å². The van der Waals surface area contributed by atoms with Gasteiger partial charge in [-0.3, -0.25) is 38.4 Å². The van der Waals surface area contributed by atoms with Crippen molar-refractivity contribution in [3.63, 3.8) is 0 Å². The van der Waals surface area contributed by atoms with Gasteiger partial charge in [0.15, 0.2) is 0 Å². The van der Waals surface area contributed by atoms with Gasteiger partial charge in [0.2, 0.25) is 0 Å². The highest BCUT2D eigenvalue weighted by molar-refractivity contribution is 5.76. The van der Waals surface area contributed by atoms with Gasteiger partial charge in [-0.05, 0) is 116 Å². The Bertz CT molecular complexity index is 1090. The molecule has 26 nitrogen and oxygen atoms in total. The molecule has 0 aliphatic carbocycles. The molecule has 26 heteroatoms. The van der Waals surface area contributed by atoms with Crippen molar-refractivity contribution in [3.05, 3.63) is 0 Å². The zero-order valence-electron chi connectivity index (χ0n) is 34.7. The van der Waals surface area contributed by atoms with Gasteiger partial charge < -0.3 is 94.4 Å². The first kappa shape index (κ1) is 59.5. The van der Waals surface area contributed by atoms with Crippen LogP contribution in [0.5, 0.6) is 0 Å². The van der Waals surface area contributed by atoms with Crippen LogP contribution in [-0.2, 0) is 38.4 Å². The average Bonchev–Trinajstić information content (AvgIpc) is 4.10. The third kappa shape index (κ3) is 30.4. The van der Waals surface area contributed by atoms with Crippen LogP contribution in [-0.4, -0.2) is 200 Å². The fraction of sp³-hybridized carbons (Fsp3) is 0.778. The molecular formula is C36H68N8O18. The summed E-state index contributed by atoms with van der Waals surface area (Å²) >= 11 is 0. The van der Waals surface area contributed by atoms with Crippen molar-refractivity contribution >= 4 is 47.8 Å². The molecule has 6 saturated heterocycles. The number of carbonyl (C=O) groups is 8. The normalized spacial score (nSPS) is 24.9. The molecule has 0 aromatic carbocycles. The van der Waals surface area contributed by atoms with Gasteiger partial charge in [-0.25, -0.2) is 0 Å². The quantitative estimate of drug-likeness (QED) is 0.0986. The van der Waals surface area contributed by atoms with E-state index in [1.165, 1.54) is 0 Å². The molecule has 0 aromatic rings. The zero-order chi connectivity index (χ0) is 47.6. The Hall–Kier alpha value is -4.64. The van der Waals surface area contributed by atoms with Crippen molar-refractivity contribution in [1.82, 2.24) is 31.9 Å². The first-order valence-electron chi connectivity index (χ1n) is 20.1. The Morgan fingerprint density at radius 3 is 0.532 bits per heavy atom. The van der Waals surface area contributed by atoms with E-state index >= 15 is 0 Å². The Labute approximate surface area is 358 Å². The second-order valence-electron chi connectivity index (χ2n) is 14.2. The lowest BCUT2D eigenvalue weighted by atomic mass is 10.2. The third-order valence-electron chi connectivity index (χ3n) is 9.18. The molecule has 6 rings (SSSR count). The predicted molar refractivity (Wildman–Crippen MR) is 217 cm³/mol. The summed E-state index contributed by atoms with van der Waals surface area (Å²) in [4.78, 5) is 80.1. The van der Waals surface area contributed by atoms with Crippen molar-refractivity contribution in [1.29, 1.82) is 0 Å². The van der Waals surface area contributed by atoms with Crippen LogP contribution in [0.3, 0.4) is 0 Å². The standard InChI is InChI=1S/6C5H9NO2.2C3H7NO3/c6*7-5(8)4-2-1-3-6-4;2*4-2(1-5)3(6)7/h6*4,6H,1-3H2,(H,7,8);2*2,5H,1,4H2,(H,6,7)/t6*4-;2*2-/m00000000/s1. The lowest BCUT2D eigenvalue weighted by molar-refractivity contribution is -0.140. The second-order valence-corrected chi connectivity index (χ2v) is 14.2. The molecule has 360 valence electrons. The molecule has 20 N–H and O–H groups in total. The molecule has 0 radical (unpaired) electrons. The SMILES string of the molecule is N[C@@H](CO)C(=O)O.N[C@@H](CO)C(=O)O.O=C(O)[C@@H]1CCCN1.O=C(O)[C@@H]1CCCN1.O=C(O)[C@@H]1CCCN1.O=C(O)[C@@H]1CCCN1.O=C(O)[C@@H]1CCCN1.O=C(O)[C@@H]1CCCN1. The van der Waals surface area contributed by atoms with Crippen molar-refractivity contribution in [3.8, 4) is 0 Å². The fourth-order valence-electron chi connectivity index (χ4n) is 5.53. The van der Waals surface area contributed by atoms with Crippen LogP contribution in [0, 0.1) is 0 Å². The molecule has 0 bridgehead atoms. The molecule has 0 amide bonds. The summed E-state index contributed by atoms with van der Waals surface area (Å²) in [7, 11) is 0. The van der Waals surface area contributed by atoms with E-state index < -0.39 is 73.1 Å². The Kier molecular flexibility index (Phi) is 34.4. The van der Waals surface area contributed by atoms with Crippen molar-refractivity contribution in [2.45, 2.75) is 125 Å². The van der Waals surface area contributed by atoms with Crippen LogP contribution in [0.4, 0.5) is 0 Å². The topological polar surface area (TPSA) is 463 Å². The summed E-state index contributed by atoms with van der Waals surface area (Å²) in [5, 5.41) is 99.0. The molecule has 6 fully saturated rings. The smallest absolute Gasteiger partial charge is 0.322 e. The Morgan fingerprint density at radius 2 is 0.500 bits per heavy atom. The van der Waals surface area contributed by atoms with Gasteiger partial charge in [0.1, 0.15) is 48.3 Å². The van der Waals surface area contributed by atoms with Crippen LogP contribution in [0.25, 0.3) is 0 Å². The van der Waals surface area contributed by atoms with E-state index in [0.29, 0.717) is 0 Å². The molecule has 0 spiro atoms. The summed E-state index contributed by atoms with van der Waals surface area (Å²) in [5.74, 6) is -6.68. The van der Waals surface area contributed by atoms with Crippen LogP contribution < -0.4 is 43.4 Å². The lowest BCUT2D eigenvalue weighted by Gasteiger charge is -1.99. The van der Waals surface area contributed by atoms with Gasteiger partial charge in [0.05, 0.1) is 13.2 Å². The maximum absolute atomic E-state index is 10.1. The van der Waals surface area contributed by atoms with Gasteiger partial charge in [-0.2, -0.15) is 0 Å². The lowest BCUT2D eigenvalue weighted by Crippen LogP contribution is -2.33. The maximum atomic E-state index is 10.1. The minimum Gasteiger partial charge on any atom is -0.480 e. The van der Waals surface area contributed by atoms with Gasteiger partial charge in [0, 0.05) is 0 Å². The molecule has 62 heavy (non-hydrogen) atoms. The largest absolute Gasteiger partial charge is 0.480 e. The van der Waals surface area contributed by atoms with Gasteiger partial charge in [0.25, 0.3) is 0 Å². The third-order valence-corrected chi connectivity index (χ3v) is 9.18. The molecule has 6 aliphatic heterocycles. The van der Waals surface area contributed by atoms with E-state index in [1.54, 1.807) is 0 Å². The predicted octanol–water partition coefficient (Wildman–Crippen LogP) is -4.28. The summed E-state index contributed by atoms with van der Waals surface area (Å²) in [5.41, 5.74) is 9.53. The number of carboxylic acid groups (broad SMARTS) is 8. The number of aliphatic hydroxyl groups excluding tert-OH is 2. The Balaban J connectivity index is 0. The number of hydrogen-bond acceptors (Lipinski definition) is 18. The van der Waals surface area contributed by atoms with E-state index in [-0.39, 0.29) is 36.3 Å². The van der Waals surface area contributed by atoms with Crippen molar-refractivity contribution < 1.29 is 89.4 Å². The summed E-state index contributed by atoms with van der Waals surface area (Å²) in [6.45, 7) is 4.14. The number of carboxylic acids is 8. The summed E-state index contributed by atoms with van der Waals surface area (Å²) in [6, 6.07) is -3.86. The highest BCUT2D eigenvalue weighted by Gasteiger charge is 2.23. The second kappa shape index (κ2) is 35.9. The van der Waals surface area contributed by atoms with Crippen LogP contribution >= 0.6 is 0 Å². The van der Waals surface area contributed by atoms with E-state index in [1.807, 2.05) is 0 Å². The molecule has 0 aromatic heterocycles. The minimum absolute atomic E-state index is 0.269. The highest BCUT2D eigenvalue weighted by Crippen LogP contribution is 2.06. The number of aliphatic carboxylic acids is 8. The number of nitrogens with one attached hydrogen (secondary N) is 6. The highest BCUT2D eigenvalue weighted by atomic mass is 16.4. The first-order valence-corrected chi connectivity index (χ1v) is 20.1. The summed E-state index contributed by atoms with van der Waals surface area (Å²) in [6.07, 6.45) is 10.7. The van der Waals surface area contributed by atoms with E-state index in [0.717, 1.165) is 116 Å². The van der Waals surface area contributed by atoms with E-state index in [2.05, 4.69) is 31.9 Å². The number of nitrogens with two attached hydrogens (primary N) is 2. The summed E-state index contributed by atoms with van der Waals surface area (Å²) < 4.78 is 0. The van der Waals surface area contributed by atoms with Crippen LogP contribution in [0.2, 0.25) is 0 Å². The first-order chi connectivity index (χ1) is 29.2. The number of hydrogen-bond donors (Lipinski definition) is 18. The van der Waals surface area contributed by atoms with E-state index in [9.17, 15) is 38.4 Å². The van der Waals surface area contributed by atoms with Crippen molar-refractivity contribution in [2.75, 3.05) is 52.5 Å². The number of aliphatic hydroxyl groups is 2. The number of rotatable bonds is 10. The van der Waals surface area contributed by atoms with Gasteiger partial charge >= 0.3 is 47.8 Å². The van der Waals surface area contributed by atoms with Crippen molar-refractivity contribution in [2.24, 2.45) is 11.5 Å². The minimum atomic E-state index is -1.18. The monoisotopic (exact) mass is 900 g/mol. The molecule has 0 unspecified atom stereocenters. The van der Waals surface area contributed by atoms with E-state index in [4.69, 9.17) is 62.5 Å². The zero-order valence-corrected chi connectivity index (χ0v) is 34.7. The Morgan fingerprint density at radius 1 is 0.355 bits per heavy atom. The fourth-order valence-corrected chi connectivity index (χ4v) is 5.53. The molecule has 8 atom stereocenters.